The van der Waals surface area contributed by atoms with Gasteiger partial charge in [0.1, 0.15) is 11.4 Å². The Morgan fingerprint density at radius 3 is 2.69 bits per heavy atom. The second-order valence-electron chi connectivity index (χ2n) is 10.2. The molecule has 2 amide bonds. The van der Waals surface area contributed by atoms with Gasteiger partial charge in [0.15, 0.2) is 5.82 Å². The number of ether oxygens (including phenoxy) is 1. The van der Waals surface area contributed by atoms with Crippen LogP contribution in [0, 0.1) is 0 Å². The van der Waals surface area contributed by atoms with E-state index < -0.39 is 18.4 Å². The van der Waals surface area contributed by atoms with Gasteiger partial charge in [-0.3, -0.25) is 9.59 Å². The molecule has 1 aromatic heterocycles. The number of fused-ring (bicyclic) bond motifs is 1. The van der Waals surface area contributed by atoms with Crippen molar-refractivity contribution in [2.75, 3.05) is 62.5 Å². The Balaban J connectivity index is 1.59. The van der Waals surface area contributed by atoms with E-state index in [9.17, 15) is 18.4 Å². The van der Waals surface area contributed by atoms with Crippen LogP contribution in [0.4, 0.5) is 31.9 Å². The van der Waals surface area contributed by atoms with Crippen LogP contribution in [0.5, 0.6) is 5.75 Å². The van der Waals surface area contributed by atoms with Crippen molar-refractivity contribution in [2.45, 2.75) is 51.0 Å². The zero-order valence-electron chi connectivity index (χ0n) is 23.0. The molecule has 1 aromatic carbocycles. The van der Waals surface area contributed by atoms with E-state index in [4.69, 9.17) is 4.74 Å². The first-order chi connectivity index (χ1) is 18.6. The number of halogens is 2. The highest BCUT2D eigenvalue weighted by Gasteiger charge is 2.48. The number of rotatable bonds is 10. The van der Waals surface area contributed by atoms with Gasteiger partial charge in [0.2, 0.25) is 5.95 Å². The molecule has 12 heteroatoms. The second-order valence-corrected chi connectivity index (χ2v) is 10.2. The summed E-state index contributed by atoms with van der Waals surface area (Å²) < 4.78 is 35.5. The van der Waals surface area contributed by atoms with Gasteiger partial charge in [-0.05, 0) is 65.0 Å². The first kappa shape index (κ1) is 28.5. The Bertz CT molecular complexity index is 1190. The smallest absolute Gasteiger partial charge is 0.342 e. The van der Waals surface area contributed by atoms with Crippen LogP contribution >= 0.6 is 0 Å². The van der Waals surface area contributed by atoms with Gasteiger partial charge in [-0.15, -0.1) is 0 Å². The van der Waals surface area contributed by atoms with Gasteiger partial charge >= 0.3 is 5.92 Å². The molecular formula is C27H37F2N7O3. The quantitative estimate of drug-likeness (QED) is 0.436. The molecule has 4 rings (SSSR count). The third-order valence-corrected chi connectivity index (χ3v) is 6.99. The first-order valence-corrected chi connectivity index (χ1v) is 13.4. The van der Waals surface area contributed by atoms with E-state index in [0.29, 0.717) is 36.0 Å². The minimum atomic E-state index is -3.55. The van der Waals surface area contributed by atoms with Crippen molar-refractivity contribution < 1.29 is 23.1 Å². The van der Waals surface area contributed by atoms with E-state index in [0.717, 1.165) is 43.5 Å². The molecule has 212 valence electrons. The minimum absolute atomic E-state index is 0.133. The van der Waals surface area contributed by atoms with Crippen LogP contribution < -0.4 is 25.2 Å². The molecule has 1 fully saturated rings. The van der Waals surface area contributed by atoms with Crippen LogP contribution in [0.1, 0.15) is 49.4 Å². The molecule has 39 heavy (non-hydrogen) atoms. The van der Waals surface area contributed by atoms with Crippen molar-refractivity contribution in [1.82, 2.24) is 20.2 Å². The number of alkyl halides is 2. The summed E-state index contributed by atoms with van der Waals surface area (Å²) in [7, 11) is 5.28. The molecule has 2 N–H and O–H groups in total. The number of hydrogen-bond acceptors (Lipinski definition) is 8. The van der Waals surface area contributed by atoms with Crippen LogP contribution in [0.3, 0.4) is 0 Å². The summed E-state index contributed by atoms with van der Waals surface area (Å²) in [6.45, 7) is 2.90. The zero-order valence-corrected chi connectivity index (χ0v) is 23.0. The fraction of sp³-hybridized carbons (Fsp3) is 0.556. The normalized spacial score (nSPS) is 17.3. The van der Waals surface area contributed by atoms with E-state index in [2.05, 4.69) is 25.5 Å². The molecule has 10 nitrogen and oxygen atoms in total. The molecule has 2 heterocycles. The largest absolute Gasteiger partial charge is 0.492 e. The van der Waals surface area contributed by atoms with Crippen LogP contribution in [0.15, 0.2) is 24.4 Å². The number of anilines is 4. The number of aromatic nitrogens is 2. The van der Waals surface area contributed by atoms with E-state index in [1.54, 1.807) is 23.1 Å². The predicted octanol–water partition coefficient (Wildman–Crippen LogP) is 3.66. The van der Waals surface area contributed by atoms with Crippen LogP contribution in [0.25, 0.3) is 0 Å². The summed E-state index contributed by atoms with van der Waals surface area (Å²) in [6, 6.07) is 4.89. The summed E-state index contributed by atoms with van der Waals surface area (Å²) in [4.78, 5) is 38.6. The molecule has 2 aliphatic rings. The van der Waals surface area contributed by atoms with Gasteiger partial charge in [-0.1, -0.05) is 12.8 Å². The highest BCUT2D eigenvalue weighted by atomic mass is 19.3. The number of hydrogen-bond donors (Lipinski definition) is 2. The third-order valence-electron chi connectivity index (χ3n) is 6.99. The average molecular weight is 546 g/mol. The SMILES string of the molecule is CCOc1cc(C(=O)NCCCN(C)C)ccc1Nc1ncc2c(n1)N(C1CCCC1)CC(F)(F)C(=O)N2C. The molecule has 1 aliphatic carbocycles. The maximum Gasteiger partial charge on any atom is 0.342 e. The maximum atomic E-state index is 14.9. The molecule has 1 saturated carbocycles. The Morgan fingerprint density at radius 1 is 1.26 bits per heavy atom. The summed E-state index contributed by atoms with van der Waals surface area (Å²) in [5.74, 6) is -4.13. The number of benzene rings is 1. The van der Waals surface area contributed by atoms with E-state index in [-0.39, 0.29) is 23.6 Å². The monoisotopic (exact) mass is 545 g/mol. The Kier molecular flexibility index (Phi) is 8.83. The topological polar surface area (TPSA) is 103 Å². The molecule has 1 aliphatic heterocycles. The summed E-state index contributed by atoms with van der Waals surface area (Å²) in [6.07, 6.45) is 5.62. The van der Waals surface area contributed by atoms with Crippen molar-refractivity contribution in [3.05, 3.63) is 30.0 Å². The van der Waals surface area contributed by atoms with Crippen LogP contribution in [0.2, 0.25) is 0 Å². The fourth-order valence-electron chi connectivity index (χ4n) is 4.97. The molecule has 0 atom stereocenters. The lowest BCUT2D eigenvalue weighted by Crippen LogP contribution is -2.48. The molecule has 0 spiro atoms. The summed E-state index contributed by atoms with van der Waals surface area (Å²) in [5, 5.41) is 6.03. The zero-order chi connectivity index (χ0) is 28.2. The van der Waals surface area contributed by atoms with Crippen molar-refractivity contribution in [3.8, 4) is 5.75 Å². The Morgan fingerprint density at radius 2 is 2.00 bits per heavy atom. The number of nitrogens with one attached hydrogen (secondary N) is 2. The fourth-order valence-corrected chi connectivity index (χ4v) is 4.97. The molecule has 2 aromatic rings. The van der Waals surface area contributed by atoms with Crippen LogP contribution in [-0.4, -0.2) is 86.0 Å². The van der Waals surface area contributed by atoms with Crippen LogP contribution in [-0.2, 0) is 4.79 Å². The van der Waals surface area contributed by atoms with Crippen molar-refractivity contribution in [1.29, 1.82) is 0 Å². The van der Waals surface area contributed by atoms with Gasteiger partial charge in [0.05, 0.1) is 25.0 Å². The maximum absolute atomic E-state index is 14.9. The van der Waals surface area contributed by atoms with E-state index >= 15 is 0 Å². The van der Waals surface area contributed by atoms with Crippen molar-refractivity contribution >= 4 is 35.0 Å². The van der Waals surface area contributed by atoms with Gasteiger partial charge in [0.25, 0.3) is 11.8 Å². The molecule has 0 saturated heterocycles. The number of amides is 2. The Labute approximate surface area is 227 Å². The standard InChI is InChI=1S/C27H37F2N7O3/c1-5-39-22-15-18(24(37)30-13-8-14-34(2)3)11-12-20(22)32-26-31-16-21-23(33-26)36(19-9-6-7-10-19)17-27(28,29)25(38)35(21)4/h11-12,15-16,19H,5-10,13-14,17H2,1-4H3,(H,30,37)(H,31,32,33). The minimum Gasteiger partial charge on any atom is -0.492 e. The lowest BCUT2D eigenvalue weighted by molar-refractivity contribution is -0.140. The Hall–Kier alpha value is -3.54. The first-order valence-electron chi connectivity index (χ1n) is 13.4. The van der Waals surface area contributed by atoms with Gasteiger partial charge in [-0.2, -0.15) is 13.8 Å². The number of carbonyl (C=O) groups excluding carboxylic acids is 2. The van der Waals surface area contributed by atoms with Crippen molar-refractivity contribution in [2.24, 2.45) is 0 Å². The van der Waals surface area contributed by atoms with E-state index in [1.807, 2.05) is 21.0 Å². The second kappa shape index (κ2) is 12.1. The van der Waals surface area contributed by atoms with Gasteiger partial charge in [0, 0.05) is 25.2 Å². The van der Waals surface area contributed by atoms with E-state index in [1.165, 1.54) is 13.2 Å². The van der Waals surface area contributed by atoms with Crippen molar-refractivity contribution in [3.63, 3.8) is 0 Å². The number of nitrogens with zero attached hydrogens (tertiary/aromatic N) is 5. The molecular weight excluding hydrogens is 508 g/mol. The molecule has 0 unspecified atom stereocenters. The highest BCUT2D eigenvalue weighted by molar-refractivity contribution is 6.02. The third kappa shape index (κ3) is 6.55. The average Bonchev–Trinajstić information content (AvgIpc) is 3.42. The number of carbonyl (C=O) groups is 2. The molecule has 0 bridgehead atoms. The highest BCUT2D eigenvalue weighted by Crippen LogP contribution is 2.40. The molecule has 0 radical (unpaired) electrons. The lowest BCUT2D eigenvalue weighted by atomic mass is 10.1. The summed E-state index contributed by atoms with van der Waals surface area (Å²) >= 11 is 0. The predicted molar refractivity (Wildman–Crippen MR) is 146 cm³/mol. The summed E-state index contributed by atoms with van der Waals surface area (Å²) in [5.41, 5.74) is 1.21. The van der Waals surface area contributed by atoms with Gasteiger partial charge in [-0.25, -0.2) is 4.98 Å². The van der Waals surface area contributed by atoms with Gasteiger partial charge < -0.3 is 30.1 Å². The lowest BCUT2D eigenvalue weighted by Gasteiger charge is -2.31.